The first-order chi connectivity index (χ1) is 9.11. The molecular weight excluding hydrogens is 328 g/mol. The zero-order valence-electron chi connectivity index (χ0n) is 11.5. The molecular formula is C13H17BrN2O4. The molecule has 1 atom stereocenters. The summed E-state index contributed by atoms with van der Waals surface area (Å²) in [7, 11) is 0. The Balaban J connectivity index is 2.84. The lowest BCUT2D eigenvalue weighted by molar-refractivity contribution is -0.145. The van der Waals surface area contributed by atoms with Gasteiger partial charge in [-0.25, -0.2) is 4.79 Å². The highest BCUT2D eigenvalue weighted by Crippen LogP contribution is 2.19. The third kappa shape index (κ3) is 4.48. The van der Waals surface area contributed by atoms with Gasteiger partial charge in [0.1, 0.15) is 12.6 Å². The number of carbonyl (C=O) groups is 2. The van der Waals surface area contributed by atoms with Gasteiger partial charge in [0.05, 0.1) is 0 Å². The summed E-state index contributed by atoms with van der Waals surface area (Å²) < 4.78 is 1.87. The molecule has 0 radical (unpaired) electrons. The number of rotatable bonds is 4. The number of nitrogens with zero attached hydrogens (tertiary/aromatic N) is 1. The average Bonchev–Trinajstić information content (AvgIpc) is 2.29. The van der Waals surface area contributed by atoms with Gasteiger partial charge in [-0.05, 0) is 27.4 Å². The van der Waals surface area contributed by atoms with E-state index in [2.05, 4.69) is 21.2 Å². The zero-order valence-corrected chi connectivity index (χ0v) is 13.1. The van der Waals surface area contributed by atoms with E-state index in [1.54, 1.807) is 26.8 Å². The van der Waals surface area contributed by atoms with Crippen molar-refractivity contribution >= 4 is 27.8 Å². The van der Waals surface area contributed by atoms with E-state index in [1.165, 1.54) is 16.8 Å². The summed E-state index contributed by atoms with van der Waals surface area (Å²) in [5.74, 6) is -1.63. The van der Waals surface area contributed by atoms with Crippen molar-refractivity contribution in [3.8, 4) is 0 Å². The maximum absolute atomic E-state index is 11.9. The summed E-state index contributed by atoms with van der Waals surface area (Å²) in [4.78, 5) is 34.6. The van der Waals surface area contributed by atoms with Gasteiger partial charge in [-0.15, -0.1) is 0 Å². The summed E-state index contributed by atoms with van der Waals surface area (Å²) >= 11 is 3.21. The van der Waals surface area contributed by atoms with E-state index in [1.807, 2.05) is 0 Å². The normalized spacial score (nSPS) is 12.8. The maximum atomic E-state index is 11.9. The number of hydrogen-bond donors (Lipinski definition) is 2. The largest absolute Gasteiger partial charge is 0.480 e. The number of halogens is 1. The second kappa shape index (κ2) is 6.21. The second-order valence-corrected chi connectivity index (χ2v) is 6.43. The number of carboxylic acid groups (broad SMARTS) is 1. The summed E-state index contributed by atoms with van der Waals surface area (Å²) in [6.07, 6.45) is 1.48. The Labute approximate surface area is 124 Å². The highest BCUT2D eigenvalue weighted by Gasteiger charge is 2.32. The predicted molar refractivity (Wildman–Crippen MR) is 77.4 cm³/mol. The van der Waals surface area contributed by atoms with Gasteiger partial charge in [0.2, 0.25) is 5.91 Å². The van der Waals surface area contributed by atoms with Crippen LogP contribution in [0.1, 0.15) is 20.8 Å². The third-order valence-electron chi connectivity index (χ3n) is 2.68. The molecule has 0 spiro atoms. The van der Waals surface area contributed by atoms with Crippen LogP contribution >= 0.6 is 15.9 Å². The minimum atomic E-state index is -1.10. The summed E-state index contributed by atoms with van der Waals surface area (Å²) in [5.41, 5.74) is -0.949. The fourth-order valence-electron chi connectivity index (χ4n) is 1.64. The van der Waals surface area contributed by atoms with Crippen LogP contribution in [0, 0.1) is 5.41 Å². The smallest absolute Gasteiger partial charge is 0.326 e. The maximum Gasteiger partial charge on any atom is 0.326 e. The van der Waals surface area contributed by atoms with Crippen LogP contribution in [0.5, 0.6) is 0 Å². The lowest BCUT2D eigenvalue weighted by Gasteiger charge is -2.27. The fraction of sp³-hybridized carbons (Fsp3) is 0.462. The van der Waals surface area contributed by atoms with E-state index in [-0.39, 0.29) is 12.1 Å². The van der Waals surface area contributed by atoms with Gasteiger partial charge in [-0.1, -0.05) is 20.8 Å². The number of amides is 1. The number of nitrogens with one attached hydrogen (secondary N) is 1. The van der Waals surface area contributed by atoms with Crippen molar-refractivity contribution in [3.05, 3.63) is 33.2 Å². The van der Waals surface area contributed by atoms with Gasteiger partial charge >= 0.3 is 5.97 Å². The highest BCUT2D eigenvalue weighted by atomic mass is 79.9. The molecule has 0 aliphatic carbocycles. The Kier molecular flexibility index (Phi) is 5.10. The Morgan fingerprint density at radius 3 is 2.50 bits per heavy atom. The number of aromatic nitrogens is 1. The van der Waals surface area contributed by atoms with Crippen molar-refractivity contribution in [2.45, 2.75) is 33.4 Å². The number of pyridine rings is 1. The van der Waals surface area contributed by atoms with Crippen LogP contribution in [-0.4, -0.2) is 27.6 Å². The first kappa shape index (κ1) is 16.4. The minimum absolute atomic E-state index is 0.224. The van der Waals surface area contributed by atoms with Crippen LogP contribution in [0.15, 0.2) is 27.6 Å². The number of carbonyl (C=O) groups excluding carboxylic acids is 1. The molecule has 0 aliphatic heterocycles. The van der Waals surface area contributed by atoms with Crippen molar-refractivity contribution < 1.29 is 14.7 Å². The summed E-state index contributed by atoms with van der Waals surface area (Å²) in [6.45, 7) is 4.93. The molecule has 0 aromatic carbocycles. The number of carboxylic acids is 1. The molecule has 0 saturated heterocycles. The van der Waals surface area contributed by atoms with Crippen molar-refractivity contribution in [1.29, 1.82) is 0 Å². The Morgan fingerprint density at radius 1 is 1.40 bits per heavy atom. The van der Waals surface area contributed by atoms with Gasteiger partial charge in [-0.2, -0.15) is 0 Å². The van der Waals surface area contributed by atoms with E-state index in [4.69, 9.17) is 5.11 Å². The van der Waals surface area contributed by atoms with Gasteiger partial charge in [0.25, 0.3) is 5.56 Å². The molecule has 0 saturated carbocycles. The molecule has 20 heavy (non-hydrogen) atoms. The Morgan fingerprint density at radius 2 is 2.00 bits per heavy atom. The van der Waals surface area contributed by atoms with Gasteiger partial charge in [0, 0.05) is 16.7 Å². The lowest BCUT2D eigenvalue weighted by atomic mass is 9.87. The van der Waals surface area contributed by atoms with E-state index >= 15 is 0 Å². The van der Waals surface area contributed by atoms with E-state index in [9.17, 15) is 14.4 Å². The SMILES string of the molecule is CC(C)(C)[C@H](NC(=O)Cn1cc(Br)ccc1=O)C(=O)O. The van der Waals surface area contributed by atoms with Gasteiger partial charge < -0.3 is 15.0 Å². The first-order valence-corrected chi connectivity index (χ1v) is 6.78. The molecule has 1 amide bonds. The fourth-order valence-corrected chi connectivity index (χ4v) is 2.02. The van der Waals surface area contributed by atoms with Crippen LogP contribution in [0.4, 0.5) is 0 Å². The van der Waals surface area contributed by atoms with E-state index in [0.717, 1.165) is 0 Å². The Bertz CT molecular complexity index is 574. The molecule has 1 aromatic heterocycles. The molecule has 6 nitrogen and oxygen atoms in total. The van der Waals surface area contributed by atoms with Crippen LogP contribution < -0.4 is 10.9 Å². The molecule has 7 heteroatoms. The Hall–Kier alpha value is -1.63. The topological polar surface area (TPSA) is 88.4 Å². The second-order valence-electron chi connectivity index (χ2n) is 5.52. The van der Waals surface area contributed by atoms with Crippen LogP contribution in [0.3, 0.4) is 0 Å². The van der Waals surface area contributed by atoms with Crippen molar-refractivity contribution in [2.24, 2.45) is 5.41 Å². The van der Waals surface area contributed by atoms with Crippen LogP contribution in [0.25, 0.3) is 0 Å². The van der Waals surface area contributed by atoms with Crippen molar-refractivity contribution in [1.82, 2.24) is 9.88 Å². The first-order valence-electron chi connectivity index (χ1n) is 5.99. The molecule has 0 bridgehead atoms. The van der Waals surface area contributed by atoms with Crippen LogP contribution in [0.2, 0.25) is 0 Å². The molecule has 110 valence electrons. The standard InChI is InChI=1S/C13H17BrN2O4/c1-13(2,3)11(12(19)20)15-9(17)7-16-6-8(14)4-5-10(16)18/h4-6,11H,7H2,1-3H3,(H,15,17)(H,19,20)/t11-/m1/s1. The number of hydrogen-bond acceptors (Lipinski definition) is 3. The molecule has 2 N–H and O–H groups in total. The van der Waals surface area contributed by atoms with Crippen molar-refractivity contribution in [3.63, 3.8) is 0 Å². The molecule has 0 unspecified atom stereocenters. The summed E-state index contributed by atoms with van der Waals surface area (Å²) in [5, 5.41) is 11.6. The average molecular weight is 345 g/mol. The van der Waals surface area contributed by atoms with Crippen molar-refractivity contribution in [2.75, 3.05) is 0 Å². The third-order valence-corrected chi connectivity index (χ3v) is 3.15. The van der Waals surface area contributed by atoms with E-state index < -0.39 is 23.3 Å². The molecule has 1 aromatic rings. The molecule has 0 fully saturated rings. The van der Waals surface area contributed by atoms with Gasteiger partial charge in [0.15, 0.2) is 0 Å². The minimum Gasteiger partial charge on any atom is -0.480 e. The zero-order chi connectivity index (χ0) is 15.5. The molecule has 1 heterocycles. The van der Waals surface area contributed by atoms with Gasteiger partial charge in [-0.3, -0.25) is 9.59 Å². The highest BCUT2D eigenvalue weighted by molar-refractivity contribution is 9.10. The lowest BCUT2D eigenvalue weighted by Crippen LogP contribution is -2.50. The van der Waals surface area contributed by atoms with Crippen LogP contribution in [-0.2, 0) is 16.1 Å². The van der Waals surface area contributed by atoms with E-state index in [0.29, 0.717) is 4.47 Å². The predicted octanol–water partition coefficient (Wildman–Crippen LogP) is 1.23. The number of aliphatic carboxylic acids is 1. The summed E-state index contributed by atoms with van der Waals surface area (Å²) in [6, 6.07) is 1.89. The molecule has 1 rings (SSSR count). The quantitative estimate of drug-likeness (QED) is 0.859. The monoisotopic (exact) mass is 344 g/mol. The molecule has 0 aliphatic rings.